The van der Waals surface area contributed by atoms with Crippen LogP contribution in [0.15, 0.2) is 50.6 Å². The molecule has 0 radical (unpaired) electrons. The van der Waals surface area contributed by atoms with Gasteiger partial charge in [0.15, 0.2) is 5.56 Å². The molecule has 0 aliphatic heterocycles. The minimum Gasteiger partial charge on any atom is -0.421 e. The summed E-state index contributed by atoms with van der Waals surface area (Å²) in [6.07, 6.45) is 5.23. The number of hydrogen-bond acceptors (Lipinski definition) is 5. The lowest BCUT2D eigenvalue weighted by molar-refractivity contribution is 0.506. The minimum atomic E-state index is -0.582. The number of thioether (sulfide) groups is 1. The molecule has 0 fully saturated rings. The lowest BCUT2D eigenvalue weighted by Crippen LogP contribution is -2.14. The molecule has 0 saturated heterocycles. The maximum absolute atomic E-state index is 12.2. The molecular weight excluding hydrogens is 322 g/mol. The van der Waals surface area contributed by atoms with E-state index in [9.17, 15) is 10.1 Å². The van der Waals surface area contributed by atoms with Crippen LogP contribution in [-0.4, -0.2) is 16.0 Å². The largest absolute Gasteiger partial charge is 0.421 e. The molecule has 2 aromatic heterocycles. The van der Waals surface area contributed by atoms with Crippen molar-refractivity contribution in [1.29, 1.82) is 5.26 Å². The van der Waals surface area contributed by atoms with Gasteiger partial charge in [0, 0.05) is 16.7 Å². The van der Waals surface area contributed by atoms with E-state index in [1.165, 1.54) is 11.8 Å². The van der Waals surface area contributed by atoms with Crippen LogP contribution in [0.4, 0.5) is 0 Å². The summed E-state index contributed by atoms with van der Waals surface area (Å²) in [6.45, 7) is 0. The van der Waals surface area contributed by atoms with Gasteiger partial charge in [-0.15, -0.1) is 11.8 Å². The third-order valence-electron chi connectivity index (χ3n) is 4.16. The number of aryl methyl sites for hydroxylation is 1. The Bertz CT molecular complexity index is 1030. The predicted octanol–water partition coefficient (Wildman–Crippen LogP) is 3.18. The van der Waals surface area contributed by atoms with Gasteiger partial charge in [-0.2, -0.15) is 10.4 Å². The summed E-state index contributed by atoms with van der Waals surface area (Å²) in [5, 5.41) is 13.9. The van der Waals surface area contributed by atoms with Crippen molar-refractivity contribution in [2.24, 2.45) is 0 Å². The predicted molar refractivity (Wildman–Crippen MR) is 91.4 cm³/mol. The second-order valence-electron chi connectivity index (χ2n) is 5.49. The first kappa shape index (κ1) is 14.8. The molecule has 0 spiro atoms. The Balaban J connectivity index is 1.94. The molecule has 4 rings (SSSR count). The zero-order valence-corrected chi connectivity index (χ0v) is 13.8. The van der Waals surface area contributed by atoms with Crippen LogP contribution < -0.4 is 5.63 Å². The normalized spacial score (nSPS) is 12.3. The smallest absolute Gasteiger partial charge is 0.355 e. The highest BCUT2D eigenvalue weighted by molar-refractivity contribution is 7.98. The van der Waals surface area contributed by atoms with Crippen LogP contribution in [0.5, 0.6) is 0 Å². The summed E-state index contributed by atoms with van der Waals surface area (Å²) in [5.74, 6) is 0.548. The van der Waals surface area contributed by atoms with E-state index in [2.05, 4.69) is 5.10 Å². The molecule has 1 aliphatic rings. The number of benzene rings is 1. The third-order valence-corrected chi connectivity index (χ3v) is 5.02. The van der Waals surface area contributed by atoms with Crippen LogP contribution in [0.25, 0.3) is 17.0 Å². The second kappa shape index (κ2) is 5.69. The minimum absolute atomic E-state index is 0.0974. The SMILES string of the molecule is CSc1c2c(oc(=O)c1C#N)-c1cn(-c3ccccc3)nc1CC2. The van der Waals surface area contributed by atoms with Crippen LogP contribution in [-0.2, 0) is 12.8 Å². The highest BCUT2D eigenvalue weighted by Crippen LogP contribution is 2.38. The van der Waals surface area contributed by atoms with Gasteiger partial charge in [-0.25, -0.2) is 9.48 Å². The zero-order valence-electron chi connectivity index (χ0n) is 12.9. The van der Waals surface area contributed by atoms with Crippen LogP contribution in [0, 0.1) is 11.3 Å². The Kier molecular flexibility index (Phi) is 3.51. The Labute approximate surface area is 142 Å². The summed E-state index contributed by atoms with van der Waals surface area (Å²) in [5.41, 5.74) is 3.14. The fourth-order valence-electron chi connectivity index (χ4n) is 3.06. The van der Waals surface area contributed by atoms with Gasteiger partial charge in [-0.3, -0.25) is 0 Å². The molecule has 2 heterocycles. The van der Waals surface area contributed by atoms with Crippen LogP contribution in [0.3, 0.4) is 0 Å². The third kappa shape index (κ3) is 2.17. The Morgan fingerprint density at radius 1 is 1.29 bits per heavy atom. The molecule has 3 aromatic rings. The maximum atomic E-state index is 12.2. The summed E-state index contributed by atoms with van der Waals surface area (Å²) >= 11 is 1.42. The number of fused-ring (bicyclic) bond motifs is 3. The van der Waals surface area contributed by atoms with Gasteiger partial charge in [0.05, 0.1) is 16.9 Å². The highest BCUT2D eigenvalue weighted by atomic mass is 32.2. The van der Waals surface area contributed by atoms with E-state index in [1.807, 2.05) is 48.9 Å². The first-order valence-electron chi connectivity index (χ1n) is 7.51. The second-order valence-corrected chi connectivity index (χ2v) is 6.30. The fourth-order valence-corrected chi connectivity index (χ4v) is 3.83. The van der Waals surface area contributed by atoms with Gasteiger partial charge in [0.2, 0.25) is 0 Å². The molecule has 1 aromatic carbocycles. The van der Waals surface area contributed by atoms with E-state index in [0.717, 1.165) is 33.8 Å². The van der Waals surface area contributed by atoms with Crippen molar-refractivity contribution >= 4 is 11.8 Å². The Morgan fingerprint density at radius 3 is 2.79 bits per heavy atom. The summed E-state index contributed by atoms with van der Waals surface area (Å²) in [6, 6.07) is 11.8. The molecule has 24 heavy (non-hydrogen) atoms. The number of aromatic nitrogens is 2. The van der Waals surface area contributed by atoms with Crippen LogP contribution in [0.1, 0.15) is 16.8 Å². The van der Waals surface area contributed by atoms with Crippen molar-refractivity contribution in [3.63, 3.8) is 0 Å². The van der Waals surface area contributed by atoms with Crippen LogP contribution in [0.2, 0.25) is 0 Å². The van der Waals surface area contributed by atoms with Crippen molar-refractivity contribution in [3.8, 4) is 23.1 Å². The van der Waals surface area contributed by atoms with Gasteiger partial charge >= 0.3 is 5.63 Å². The first-order chi connectivity index (χ1) is 11.7. The molecule has 6 heteroatoms. The van der Waals surface area contributed by atoms with E-state index in [0.29, 0.717) is 12.2 Å². The first-order valence-corrected chi connectivity index (χ1v) is 8.73. The maximum Gasteiger partial charge on any atom is 0.355 e. The topological polar surface area (TPSA) is 71.8 Å². The highest BCUT2D eigenvalue weighted by Gasteiger charge is 2.27. The zero-order chi connectivity index (χ0) is 16.7. The number of rotatable bonds is 2. The quantitative estimate of drug-likeness (QED) is 0.673. The number of para-hydroxylation sites is 1. The lowest BCUT2D eigenvalue weighted by Gasteiger charge is -2.16. The number of nitrogens with zero attached hydrogens (tertiary/aromatic N) is 3. The molecule has 0 bridgehead atoms. The molecule has 1 aliphatic carbocycles. The van der Waals surface area contributed by atoms with E-state index in [4.69, 9.17) is 4.42 Å². The molecule has 0 amide bonds. The summed E-state index contributed by atoms with van der Waals surface area (Å²) < 4.78 is 7.30. The number of nitriles is 1. The molecule has 5 nitrogen and oxygen atoms in total. The molecule has 0 saturated carbocycles. The fraction of sp³-hybridized carbons (Fsp3) is 0.167. The van der Waals surface area contributed by atoms with Crippen molar-refractivity contribution in [2.45, 2.75) is 17.7 Å². The van der Waals surface area contributed by atoms with E-state index in [-0.39, 0.29) is 5.56 Å². The van der Waals surface area contributed by atoms with Gasteiger partial charge in [0.1, 0.15) is 11.8 Å². The van der Waals surface area contributed by atoms with E-state index in [1.54, 1.807) is 4.68 Å². The monoisotopic (exact) mass is 335 g/mol. The molecule has 0 N–H and O–H groups in total. The van der Waals surface area contributed by atoms with Crippen molar-refractivity contribution in [2.75, 3.05) is 6.26 Å². The Hall–Kier alpha value is -2.78. The van der Waals surface area contributed by atoms with Crippen molar-refractivity contribution in [1.82, 2.24) is 9.78 Å². The standard InChI is InChI=1S/C18H13N3O2S/c1-24-17-12-7-8-15-14(16(12)23-18(22)13(17)9-19)10-21(20-15)11-5-3-2-4-6-11/h2-6,10H,7-8H2,1H3. The molecule has 0 atom stereocenters. The van der Waals surface area contributed by atoms with E-state index >= 15 is 0 Å². The summed E-state index contributed by atoms with van der Waals surface area (Å²) in [7, 11) is 0. The van der Waals surface area contributed by atoms with Gasteiger partial charge in [-0.05, 0) is 31.2 Å². The number of hydrogen-bond donors (Lipinski definition) is 0. The van der Waals surface area contributed by atoms with Crippen LogP contribution >= 0.6 is 11.8 Å². The summed E-state index contributed by atoms with van der Waals surface area (Å²) in [4.78, 5) is 12.9. The Morgan fingerprint density at radius 2 is 2.08 bits per heavy atom. The van der Waals surface area contributed by atoms with Crippen molar-refractivity contribution < 1.29 is 4.42 Å². The molecular formula is C18H13N3O2S. The van der Waals surface area contributed by atoms with Gasteiger partial charge < -0.3 is 4.42 Å². The van der Waals surface area contributed by atoms with E-state index < -0.39 is 5.63 Å². The average Bonchev–Trinajstić information content (AvgIpc) is 3.06. The van der Waals surface area contributed by atoms with Gasteiger partial charge in [0.25, 0.3) is 0 Å². The lowest BCUT2D eigenvalue weighted by atomic mass is 9.94. The molecule has 0 unspecified atom stereocenters. The van der Waals surface area contributed by atoms with Crippen molar-refractivity contribution in [3.05, 3.63) is 63.8 Å². The molecule has 118 valence electrons. The van der Waals surface area contributed by atoms with Gasteiger partial charge in [-0.1, -0.05) is 18.2 Å². The average molecular weight is 335 g/mol.